The van der Waals surface area contributed by atoms with Crippen molar-refractivity contribution in [2.75, 3.05) is 0 Å². The summed E-state index contributed by atoms with van der Waals surface area (Å²) < 4.78 is 0. The van der Waals surface area contributed by atoms with Crippen LogP contribution in [0.4, 0.5) is 0 Å². The molecule has 0 nitrogen and oxygen atoms in total. The third-order valence-electron chi connectivity index (χ3n) is 1.78. The van der Waals surface area contributed by atoms with E-state index in [0.29, 0.717) is 11.8 Å². The molecule has 0 aromatic carbocycles. The van der Waals surface area contributed by atoms with Gasteiger partial charge < -0.3 is 0 Å². The smallest absolute Gasteiger partial charge is 0.0797 e. The van der Waals surface area contributed by atoms with Crippen LogP contribution in [0.15, 0.2) is 24.3 Å². The fourth-order valence-corrected chi connectivity index (χ4v) is 1.28. The second kappa shape index (κ2) is 1.41. The molecule has 0 N–H and O–H groups in total. The molecule has 0 heteroatoms. The van der Waals surface area contributed by atoms with E-state index in [1.807, 2.05) is 0 Å². The molecule has 2 rings (SSSR count). The standard InChI is InChI=1S/C8H8/c1-3-7-5-2-6-8(7)4-1/h1-8H/q+1. The van der Waals surface area contributed by atoms with Gasteiger partial charge in [-0.15, -0.1) is 0 Å². The second-order valence-corrected chi connectivity index (χ2v) is 2.31. The molecule has 1 radical (unpaired) electrons. The van der Waals surface area contributed by atoms with Crippen molar-refractivity contribution in [1.29, 1.82) is 0 Å². The highest BCUT2D eigenvalue weighted by molar-refractivity contribution is 5.29. The molecule has 0 amide bonds. The van der Waals surface area contributed by atoms with Crippen LogP contribution < -0.4 is 0 Å². The minimum Gasteiger partial charge on any atom is -0.0797 e. The summed E-state index contributed by atoms with van der Waals surface area (Å²) in [5.74, 6) is 1.41. The van der Waals surface area contributed by atoms with Crippen LogP contribution in [0, 0.1) is 24.7 Å². The van der Waals surface area contributed by atoms with E-state index in [2.05, 4.69) is 37.1 Å². The largest absolute Gasteiger partial charge is 0.0904 e. The fourth-order valence-electron chi connectivity index (χ4n) is 1.28. The van der Waals surface area contributed by atoms with Gasteiger partial charge in [0.1, 0.15) is 0 Å². The Balaban J connectivity index is 2.20. The van der Waals surface area contributed by atoms with Crippen LogP contribution in [0.25, 0.3) is 0 Å². The van der Waals surface area contributed by atoms with Crippen molar-refractivity contribution in [2.24, 2.45) is 11.8 Å². The summed E-state index contributed by atoms with van der Waals surface area (Å²) >= 11 is 0. The highest BCUT2D eigenvalue weighted by Gasteiger charge is 2.30. The van der Waals surface area contributed by atoms with E-state index >= 15 is 0 Å². The Hall–Kier alpha value is -0.650. The lowest BCUT2D eigenvalue weighted by atomic mass is 10.0. The van der Waals surface area contributed by atoms with Gasteiger partial charge in [0.05, 0.1) is 17.9 Å². The first-order valence-corrected chi connectivity index (χ1v) is 3.00. The van der Waals surface area contributed by atoms with Gasteiger partial charge in [0, 0.05) is 18.9 Å². The summed E-state index contributed by atoms with van der Waals surface area (Å²) in [6.07, 6.45) is 13.3. The zero-order valence-electron chi connectivity index (χ0n) is 4.62. The molecule has 0 fully saturated rings. The van der Waals surface area contributed by atoms with Crippen LogP contribution in [0.3, 0.4) is 0 Å². The Labute approximate surface area is 49.9 Å². The lowest BCUT2D eigenvalue weighted by Crippen LogP contribution is -1.97. The molecular formula is C8H8+. The topological polar surface area (TPSA) is 0 Å². The third kappa shape index (κ3) is 0.430. The van der Waals surface area contributed by atoms with Crippen LogP contribution in [-0.2, 0) is 0 Å². The quantitative estimate of drug-likeness (QED) is 0.411. The summed E-state index contributed by atoms with van der Waals surface area (Å²) in [7, 11) is 0. The van der Waals surface area contributed by atoms with Crippen molar-refractivity contribution >= 4 is 0 Å². The maximum absolute atomic E-state index is 2.24. The van der Waals surface area contributed by atoms with E-state index in [9.17, 15) is 0 Å². The van der Waals surface area contributed by atoms with Gasteiger partial charge in [-0.25, -0.2) is 0 Å². The zero-order valence-corrected chi connectivity index (χ0v) is 4.62. The molecule has 8 heavy (non-hydrogen) atoms. The van der Waals surface area contributed by atoms with Crippen LogP contribution in [0.1, 0.15) is 0 Å². The van der Waals surface area contributed by atoms with Crippen LogP contribution >= 0.6 is 0 Å². The number of allylic oxidation sites excluding steroid dienone is 4. The van der Waals surface area contributed by atoms with Crippen LogP contribution in [0.5, 0.6) is 0 Å². The molecule has 0 aliphatic heterocycles. The van der Waals surface area contributed by atoms with Gasteiger partial charge in [-0.3, -0.25) is 0 Å². The summed E-state index contributed by atoms with van der Waals surface area (Å²) in [6.45, 7) is 0. The van der Waals surface area contributed by atoms with Gasteiger partial charge in [-0.05, 0) is 0 Å². The van der Waals surface area contributed by atoms with Crippen molar-refractivity contribution in [3.8, 4) is 0 Å². The van der Waals surface area contributed by atoms with Gasteiger partial charge in [-0.2, -0.15) is 0 Å². The Morgan fingerprint density at radius 1 is 1.25 bits per heavy atom. The molecule has 2 atom stereocenters. The molecule has 2 aliphatic rings. The predicted molar refractivity (Wildman–Crippen MR) is 33.9 cm³/mol. The first-order chi connectivity index (χ1) is 3.97. The lowest BCUT2D eigenvalue weighted by Gasteiger charge is -1.95. The number of fused-ring (bicyclic) bond motifs is 1. The average Bonchev–Trinajstić information content (AvgIpc) is 2.15. The number of rotatable bonds is 0. The maximum atomic E-state index is 2.24. The Kier molecular flexibility index (Phi) is 0.750. The highest BCUT2D eigenvalue weighted by Crippen LogP contribution is 2.32. The molecule has 0 saturated heterocycles. The second-order valence-electron chi connectivity index (χ2n) is 2.31. The van der Waals surface area contributed by atoms with Crippen molar-refractivity contribution < 1.29 is 0 Å². The minimum absolute atomic E-state index is 0.704. The molecule has 0 bridgehead atoms. The molecule has 0 aromatic heterocycles. The maximum Gasteiger partial charge on any atom is 0.0904 e. The summed E-state index contributed by atoms with van der Waals surface area (Å²) in [4.78, 5) is 0. The molecule has 0 heterocycles. The third-order valence-corrected chi connectivity index (χ3v) is 1.78. The average molecular weight is 104 g/mol. The van der Waals surface area contributed by atoms with Gasteiger partial charge >= 0.3 is 0 Å². The zero-order chi connectivity index (χ0) is 5.40. The predicted octanol–water partition coefficient (Wildman–Crippen LogP) is 1.77. The van der Waals surface area contributed by atoms with Crippen LogP contribution in [0.2, 0.25) is 0 Å². The van der Waals surface area contributed by atoms with Gasteiger partial charge in [0.25, 0.3) is 0 Å². The van der Waals surface area contributed by atoms with Crippen molar-refractivity contribution in [1.82, 2.24) is 0 Å². The van der Waals surface area contributed by atoms with E-state index in [4.69, 9.17) is 0 Å². The number of hydrogen-bond acceptors (Lipinski definition) is 0. The van der Waals surface area contributed by atoms with E-state index < -0.39 is 0 Å². The van der Waals surface area contributed by atoms with Crippen molar-refractivity contribution in [2.45, 2.75) is 0 Å². The fraction of sp³-hybridized carbons (Fsp3) is 0.250. The monoisotopic (exact) mass is 104 g/mol. The normalized spacial score (nSPS) is 40.0. The molecule has 2 aliphatic carbocycles. The van der Waals surface area contributed by atoms with E-state index in [0.717, 1.165) is 0 Å². The summed E-state index contributed by atoms with van der Waals surface area (Å²) in [5.41, 5.74) is 0. The Morgan fingerprint density at radius 3 is 3.12 bits per heavy atom. The van der Waals surface area contributed by atoms with Crippen LogP contribution in [-0.4, -0.2) is 0 Å². The van der Waals surface area contributed by atoms with Crippen molar-refractivity contribution in [3.63, 3.8) is 0 Å². The molecule has 0 spiro atoms. The summed E-state index contributed by atoms with van der Waals surface area (Å²) in [5, 5.41) is 0. The lowest BCUT2D eigenvalue weighted by molar-refractivity contribution is 0.682. The molecule has 0 saturated carbocycles. The molecule has 39 valence electrons. The highest BCUT2D eigenvalue weighted by atomic mass is 14.3. The van der Waals surface area contributed by atoms with Gasteiger partial charge in [0.2, 0.25) is 0 Å². The molecule has 2 unspecified atom stereocenters. The SMILES string of the molecule is [CH]1C=CC2[CH+]C=CC12. The Bertz CT molecular complexity index is 124. The van der Waals surface area contributed by atoms with E-state index in [1.54, 1.807) is 0 Å². The van der Waals surface area contributed by atoms with Crippen molar-refractivity contribution in [3.05, 3.63) is 37.1 Å². The number of hydrogen-bond donors (Lipinski definition) is 0. The first-order valence-electron chi connectivity index (χ1n) is 3.00. The molecular weight excluding hydrogens is 96.1 g/mol. The summed E-state index contributed by atoms with van der Waals surface area (Å²) in [6, 6.07) is 0. The molecule has 0 aromatic rings. The Morgan fingerprint density at radius 2 is 2.25 bits per heavy atom. The van der Waals surface area contributed by atoms with E-state index in [1.165, 1.54) is 0 Å². The van der Waals surface area contributed by atoms with Gasteiger partial charge in [0.15, 0.2) is 0 Å². The first kappa shape index (κ1) is 4.25. The van der Waals surface area contributed by atoms with Gasteiger partial charge in [-0.1, -0.05) is 12.2 Å². The van der Waals surface area contributed by atoms with E-state index in [-0.39, 0.29) is 0 Å². The minimum atomic E-state index is 0.704.